The summed E-state index contributed by atoms with van der Waals surface area (Å²) in [6, 6.07) is 11.8. The topological polar surface area (TPSA) is 53.2 Å². The van der Waals surface area contributed by atoms with E-state index in [2.05, 4.69) is 38.5 Å². The van der Waals surface area contributed by atoms with Gasteiger partial charge in [-0.05, 0) is 71.2 Å². The maximum Gasteiger partial charge on any atom is 0.253 e. The Balaban J connectivity index is 2.11. The molecule has 0 saturated carbocycles. The second kappa shape index (κ2) is 10.0. The smallest absolute Gasteiger partial charge is 0.253 e. The Morgan fingerprint density at radius 2 is 1.78 bits per heavy atom. The van der Waals surface area contributed by atoms with E-state index in [0.717, 1.165) is 3.57 Å². The molecule has 0 saturated heterocycles. The molecule has 1 amide bonds. The Kier molecular flexibility index (Phi) is 8.54. The fraction of sp³-hybridized carbons (Fsp3) is 0.125. The van der Waals surface area contributed by atoms with E-state index in [0.29, 0.717) is 21.3 Å². The summed E-state index contributed by atoms with van der Waals surface area (Å²) in [5, 5.41) is 9.16. The molecule has 1 atom stereocenters. The largest absolute Gasteiger partial charge is 0.339 e. The third-order valence-electron chi connectivity index (χ3n) is 3.14. The van der Waals surface area contributed by atoms with Crippen molar-refractivity contribution < 1.29 is 4.79 Å². The molecule has 0 spiro atoms. The lowest BCUT2D eigenvalue weighted by molar-refractivity contribution is 0.0934. The Bertz CT molecular complexity index is 862. The van der Waals surface area contributed by atoms with E-state index < -0.39 is 15.9 Å². The van der Waals surface area contributed by atoms with Crippen LogP contribution in [0.2, 0.25) is 10.0 Å². The van der Waals surface area contributed by atoms with Crippen LogP contribution in [-0.4, -0.2) is 21.0 Å². The van der Waals surface area contributed by atoms with Crippen molar-refractivity contribution in [2.75, 3.05) is 5.32 Å². The number of nitrogens with one attached hydrogen (secondary N) is 3. The van der Waals surface area contributed by atoms with Crippen LogP contribution in [0.5, 0.6) is 0 Å². The number of benzene rings is 2. The Labute approximate surface area is 200 Å². The number of alkyl halides is 3. The monoisotopic (exact) mass is 595 g/mol. The number of hydrogen-bond donors (Lipinski definition) is 3. The van der Waals surface area contributed by atoms with E-state index in [4.69, 9.17) is 70.2 Å². The van der Waals surface area contributed by atoms with E-state index in [1.54, 1.807) is 36.4 Å². The number of anilines is 1. The molecule has 0 radical (unpaired) electrons. The first-order valence-corrected chi connectivity index (χ1v) is 10.6. The molecule has 2 aromatic rings. The van der Waals surface area contributed by atoms with Gasteiger partial charge in [-0.3, -0.25) is 4.79 Å². The van der Waals surface area contributed by atoms with Crippen LogP contribution in [-0.2, 0) is 0 Å². The molecule has 2 rings (SSSR count). The molecule has 0 aliphatic carbocycles. The van der Waals surface area contributed by atoms with Crippen LogP contribution in [0.3, 0.4) is 0 Å². The summed E-state index contributed by atoms with van der Waals surface area (Å²) in [6.45, 7) is 0. The van der Waals surface area contributed by atoms with Gasteiger partial charge in [0, 0.05) is 14.2 Å². The minimum atomic E-state index is -1.87. The molecule has 3 N–H and O–H groups in total. The van der Waals surface area contributed by atoms with Gasteiger partial charge in [0.05, 0.1) is 10.7 Å². The average Bonchev–Trinajstić information content (AvgIpc) is 2.56. The number of amides is 1. The number of hydrogen-bond acceptors (Lipinski definition) is 2. The summed E-state index contributed by atoms with van der Waals surface area (Å²) in [5.41, 5.74) is 0.883. The zero-order valence-electron chi connectivity index (χ0n) is 13.2. The molecule has 0 aromatic heterocycles. The number of rotatable bonds is 4. The standard InChI is InChI=1S/C16H11Cl5IN3OS/c17-9-4-5-11(18)12(7-9)23-15(27)25-14(16(19,20)21)24-13(26)8-2-1-3-10(22)6-8/h1-7,14H,(H,24,26)(H2,23,25,27)/t14-/m1/s1. The molecular weight excluding hydrogens is 586 g/mol. The van der Waals surface area contributed by atoms with Crippen LogP contribution in [0, 0.1) is 3.57 Å². The van der Waals surface area contributed by atoms with Gasteiger partial charge in [0.1, 0.15) is 6.17 Å². The quantitative estimate of drug-likeness (QED) is 0.175. The fourth-order valence-corrected chi connectivity index (χ4v) is 3.36. The van der Waals surface area contributed by atoms with Crippen molar-refractivity contribution in [2.24, 2.45) is 0 Å². The molecule has 0 fully saturated rings. The Morgan fingerprint density at radius 3 is 2.41 bits per heavy atom. The average molecular weight is 598 g/mol. The van der Waals surface area contributed by atoms with Crippen LogP contribution >= 0.6 is 92.8 Å². The number of carbonyl (C=O) groups excluding carboxylic acids is 1. The van der Waals surface area contributed by atoms with E-state index in [1.807, 2.05) is 6.07 Å². The molecule has 27 heavy (non-hydrogen) atoms. The second-order valence-electron chi connectivity index (χ2n) is 5.18. The third kappa shape index (κ3) is 7.27. The van der Waals surface area contributed by atoms with Gasteiger partial charge in [-0.1, -0.05) is 64.1 Å². The highest BCUT2D eigenvalue weighted by Crippen LogP contribution is 2.30. The zero-order chi connectivity index (χ0) is 20.2. The van der Waals surface area contributed by atoms with Gasteiger partial charge in [-0.25, -0.2) is 0 Å². The van der Waals surface area contributed by atoms with Crippen LogP contribution in [0.4, 0.5) is 5.69 Å². The molecule has 4 nitrogen and oxygen atoms in total. The number of carbonyl (C=O) groups is 1. The minimum Gasteiger partial charge on any atom is -0.339 e. The van der Waals surface area contributed by atoms with Gasteiger partial charge < -0.3 is 16.0 Å². The predicted molar refractivity (Wildman–Crippen MR) is 127 cm³/mol. The summed E-state index contributed by atoms with van der Waals surface area (Å²) in [4.78, 5) is 12.5. The highest BCUT2D eigenvalue weighted by atomic mass is 127. The number of halogens is 6. The van der Waals surface area contributed by atoms with E-state index in [9.17, 15) is 4.79 Å². The summed E-state index contributed by atoms with van der Waals surface area (Å²) >= 11 is 37.3. The Morgan fingerprint density at radius 1 is 1.07 bits per heavy atom. The normalized spacial score (nSPS) is 12.2. The molecule has 0 heterocycles. The van der Waals surface area contributed by atoms with Crippen LogP contribution in [0.1, 0.15) is 10.4 Å². The van der Waals surface area contributed by atoms with E-state index >= 15 is 0 Å². The van der Waals surface area contributed by atoms with Crippen molar-refractivity contribution in [3.63, 3.8) is 0 Å². The van der Waals surface area contributed by atoms with Crippen molar-refractivity contribution in [3.8, 4) is 0 Å². The third-order valence-corrected chi connectivity index (χ3v) is 5.25. The lowest BCUT2D eigenvalue weighted by Gasteiger charge is -2.28. The van der Waals surface area contributed by atoms with E-state index in [-0.39, 0.29) is 5.11 Å². The molecule has 0 unspecified atom stereocenters. The molecule has 0 bridgehead atoms. The first-order chi connectivity index (χ1) is 12.6. The minimum absolute atomic E-state index is 0.0819. The van der Waals surface area contributed by atoms with Gasteiger partial charge >= 0.3 is 0 Å². The molecule has 11 heteroatoms. The lowest BCUT2D eigenvalue weighted by Crippen LogP contribution is -2.56. The van der Waals surface area contributed by atoms with Crippen molar-refractivity contribution >= 4 is 110 Å². The summed E-state index contributed by atoms with van der Waals surface area (Å²) in [5.74, 6) is -0.430. The van der Waals surface area contributed by atoms with Gasteiger partial charge in [0.15, 0.2) is 5.11 Å². The van der Waals surface area contributed by atoms with Gasteiger partial charge in [0.25, 0.3) is 5.91 Å². The molecule has 144 valence electrons. The van der Waals surface area contributed by atoms with Crippen molar-refractivity contribution in [1.82, 2.24) is 10.6 Å². The van der Waals surface area contributed by atoms with Crippen LogP contribution < -0.4 is 16.0 Å². The van der Waals surface area contributed by atoms with Gasteiger partial charge in [0.2, 0.25) is 3.79 Å². The van der Waals surface area contributed by atoms with Crippen LogP contribution in [0.25, 0.3) is 0 Å². The first kappa shape index (κ1) is 23.1. The second-order valence-corrected chi connectivity index (χ2v) is 10.0. The van der Waals surface area contributed by atoms with Gasteiger partial charge in [-0.15, -0.1) is 0 Å². The van der Waals surface area contributed by atoms with Crippen LogP contribution in [0.15, 0.2) is 42.5 Å². The predicted octanol–water partition coefficient (Wildman–Crippen LogP) is 6.01. The Hall–Kier alpha value is -0.220. The lowest BCUT2D eigenvalue weighted by atomic mass is 10.2. The van der Waals surface area contributed by atoms with Gasteiger partial charge in [-0.2, -0.15) is 0 Å². The summed E-state index contributed by atoms with van der Waals surface area (Å²) in [6.07, 6.45) is -1.11. The maximum atomic E-state index is 12.5. The molecule has 2 aromatic carbocycles. The maximum absolute atomic E-state index is 12.5. The highest BCUT2D eigenvalue weighted by Gasteiger charge is 2.35. The first-order valence-electron chi connectivity index (χ1n) is 7.22. The number of thiocarbonyl (C=S) groups is 1. The SMILES string of the molecule is O=C(N[C@H](NC(=S)Nc1cc(Cl)ccc1Cl)C(Cl)(Cl)Cl)c1cccc(I)c1. The summed E-state index contributed by atoms with van der Waals surface area (Å²) in [7, 11) is 0. The highest BCUT2D eigenvalue weighted by molar-refractivity contribution is 14.1. The van der Waals surface area contributed by atoms with Crippen molar-refractivity contribution in [1.29, 1.82) is 0 Å². The van der Waals surface area contributed by atoms with Crippen molar-refractivity contribution in [2.45, 2.75) is 9.96 Å². The summed E-state index contributed by atoms with van der Waals surface area (Å²) < 4.78 is -0.979. The zero-order valence-corrected chi connectivity index (χ0v) is 20.0. The molecule has 0 aliphatic heterocycles. The van der Waals surface area contributed by atoms with Crippen molar-refractivity contribution in [3.05, 3.63) is 61.6 Å². The molecule has 0 aliphatic rings. The fourth-order valence-electron chi connectivity index (χ4n) is 1.93. The molecular formula is C16H11Cl5IN3OS. The van der Waals surface area contributed by atoms with E-state index in [1.165, 1.54) is 0 Å².